The SMILES string of the molecule is CNCCC1(c2ccc(F)cc2)CCN(C(C)c2ccc(-c3ccc(F)cc3F)cc2)C(=O)O1. The van der Waals surface area contributed by atoms with Crippen LogP contribution in [0.2, 0.25) is 0 Å². The number of amides is 1. The molecular weight excluding hydrogens is 441 g/mol. The third-order valence-corrected chi connectivity index (χ3v) is 6.53. The van der Waals surface area contributed by atoms with E-state index >= 15 is 0 Å². The molecule has 0 spiro atoms. The second kappa shape index (κ2) is 9.89. The zero-order valence-corrected chi connectivity index (χ0v) is 19.2. The summed E-state index contributed by atoms with van der Waals surface area (Å²) >= 11 is 0. The van der Waals surface area contributed by atoms with Gasteiger partial charge in [-0.25, -0.2) is 18.0 Å². The normalized spacial score (nSPS) is 19.1. The van der Waals surface area contributed by atoms with Gasteiger partial charge < -0.3 is 15.0 Å². The molecule has 2 atom stereocenters. The number of carbonyl (C=O) groups is 1. The van der Waals surface area contributed by atoms with E-state index in [2.05, 4.69) is 5.32 Å². The van der Waals surface area contributed by atoms with Gasteiger partial charge in [-0.1, -0.05) is 36.4 Å². The summed E-state index contributed by atoms with van der Waals surface area (Å²) in [5, 5.41) is 3.09. The fraction of sp³-hybridized carbons (Fsp3) is 0.296. The molecule has 1 fully saturated rings. The Labute approximate surface area is 197 Å². The highest BCUT2D eigenvalue weighted by molar-refractivity contribution is 5.70. The van der Waals surface area contributed by atoms with Crippen molar-refractivity contribution in [1.29, 1.82) is 0 Å². The van der Waals surface area contributed by atoms with E-state index in [9.17, 15) is 18.0 Å². The minimum Gasteiger partial charge on any atom is -0.438 e. The standard InChI is InChI=1S/C27H27F3N2O2/c1-18(19-3-5-20(6-4-19)24-12-11-23(29)17-25(24)30)32-16-14-27(13-15-31-2,34-26(32)33)21-7-9-22(28)10-8-21/h3-12,17-18,31H,13-16H2,1-2H3. The van der Waals surface area contributed by atoms with E-state index in [1.54, 1.807) is 29.2 Å². The van der Waals surface area contributed by atoms with Crippen molar-refractivity contribution in [2.45, 2.75) is 31.4 Å². The highest BCUT2D eigenvalue weighted by atomic mass is 19.1. The van der Waals surface area contributed by atoms with Crippen molar-refractivity contribution in [2.24, 2.45) is 0 Å². The van der Waals surface area contributed by atoms with Crippen LogP contribution < -0.4 is 5.32 Å². The number of halogens is 3. The van der Waals surface area contributed by atoms with Crippen LogP contribution >= 0.6 is 0 Å². The van der Waals surface area contributed by atoms with E-state index in [1.165, 1.54) is 24.3 Å². The predicted molar refractivity (Wildman–Crippen MR) is 125 cm³/mol. The van der Waals surface area contributed by atoms with Crippen molar-refractivity contribution >= 4 is 6.09 Å². The molecule has 7 heteroatoms. The van der Waals surface area contributed by atoms with Gasteiger partial charge in [-0.15, -0.1) is 0 Å². The third kappa shape index (κ3) is 4.80. The van der Waals surface area contributed by atoms with Gasteiger partial charge in [0.05, 0.1) is 6.04 Å². The quantitative estimate of drug-likeness (QED) is 0.450. The van der Waals surface area contributed by atoms with Crippen LogP contribution in [0.25, 0.3) is 11.1 Å². The lowest BCUT2D eigenvalue weighted by Crippen LogP contribution is -2.49. The van der Waals surface area contributed by atoms with Gasteiger partial charge in [0.2, 0.25) is 0 Å². The highest BCUT2D eigenvalue weighted by Gasteiger charge is 2.43. The van der Waals surface area contributed by atoms with E-state index in [0.29, 0.717) is 37.1 Å². The number of carbonyl (C=O) groups excluding carboxylic acids is 1. The molecule has 3 aromatic rings. The first kappa shape index (κ1) is 23.8. The minimum absolute atomic E-state index is 0.268. The predicted octanol–water partition coefficient (Wildman–Crippen LogP) is 6.18. The van der Waals surface area contributed by atoms with Crippen molar-refractivity contribution in [1.82, 2.24) is 10.2 Å². The van der Waals surface area contributed by atoms with Crippen molar-refractivity contribution in [3.8, 4) is 11.1 Å². The smallest absolute Gasteiger partial charge is 0.411 e. The molecule has 178 valence electrons. The van der Waals surface area contributed by atoms with E-state index in [1.807, 2.05) is 26.1 Å². The van der Waals surface area contributed by atoms with E-state index in [-0.39, 0.29) is 11.9 Å². The summed E-state index contributed by atoms with van der Waals surface area (Å²) in [6.07, 6.45) is 0.698. The van der Waals surface area contributed by atoms with Gasteiger partial charge in [-0.3, -0.25) is 0 Å². The Bertz CT molecular complexity index is 1150. The molecule has 1 aliphatic heterocycles. The zero-order chi connectivity index (χ0) is 24.3. The van der Waals surface area contributed by atoms with Gasteiger partial charge in [-0.05, 0) is 61.5 Å². The van der Waals surface area contributed by atoms with Crippen LogP contribution in [0.15, 0.2) is 66.7 Å². The van der Waals surface area contributed by atoms with E-state index in [0.717, 1.165) is 17.2 Å². The van der Waals surface area contributed by atoms with Gasteiger partial charge in [-0.2, -0.15) is 0 Å². The summed E-state index contributed by atoms with van der Waals surface area (Å²) in [5.41, 5.74) is 1.75. The highest BCUT2D eigenvalue weighted by Crippen LogP contribution is 2.39. The topological polar surface area (TPSA) is 41.6 Å². The maximum absolute atomic E-state index is 14.1. The van der Waals surface area contributed by atoms with Crippen LogP contribution in [0.3, 0.4) is 0 Å². The van der Waals surface area contributed by atoms with Gasteiger partial charge in [0.1, 0.15) is 23.1 Å². The Morgan fingerprint density at radius 3 is 2.29 bits per heavy atom. The molecule has 0 saturated carbocycles. The number of rotatable bonds is 7. The van der Waals surface area contributed by atoms with Crippen LogP contribution in [0.1, 0.15) is 36.9 Å². The monoisotopic (exact) mass is 468 g/mol. The fourth-order valence-electron chi connectivity index (χ4n) is 4.47. The lowest BCUT2D eigenvalue weighted by atomic mass is 9.85. The third-order valence-electron chi connectivity index (χ3n) is 6.53. The molecule has 1 amide bonds. The molecule has 0 aromatic heterocycles. The molecule has 0 bridgehead atoms. The first-order valence-corrected chi connectivity index (χ1v) is 11.3. The largest absolute Gasteiger partial charge is 0.438 e. The number of hydrogen-bond acceptors (Lipinski definition) is 3. The molecule has 3 aromatic carbocycles. The Kier molecular flexibility index (Phi) is 6.93. The molecule has 4 rings (SSSR count). The molecule has 1 N–H and O–H groups in total. The molecular formula is C27H27F3N2O2. The fourth-order valence-corrected chi connectivity index (χ4v) is 4.47. The van der Waals surface area contributed by atoms with Crippen molar-refractivity contribution in [3.63, 3.8) is 0 Å². The van der Waals surface area contributed by atoms with Gasteiger partial charge in [0.25, 0.3) is 0 Å². The minimum atomic E-state index is -0.825. The van der Waals surface area contributed by atoms with Crippen LogP contribution in [0.4, 0.5) is 18.0 Å². The summed E-state index contributed by atoms with van der Waals surface area (Å²) in [6.45, 7) is 3.02. The maximum Gasteiger partial charge on any atom is 0.411 e. The van der Waals surface area contributed by atoms with Gasteiger partial charge >= 0.3 is 6.09 Å². The van der Waals surface area contributed by atoms with Gasteiger partial charge in [0.15, 0.2) is 0 Å². The van der Waals surface area contributed by atoms with Crippen LogP contribution in [-0.2, 0) is 10.3 Å². The van der Waals surface area contributed by atoms with Gasteiger partial charge in [0, 0.05) is 31.0 Å². The molecule has 0 radical (unpaired) electrons. The molecule has 2 unspecified atom stereocenters. The second-order valence-corrected chi connectivity index (χ2v) is 8.59. The molecule has 1 heterocycles. The second-order valence-electron chi connectivity index (χ2n) is 8.59. The van der Waals surface area contributed by atoms with Crippen molar-refractivity contribution < 1.29 is 22.7 Å². The number of nitrogens with one attached hydrogen (secondary N) is 1. The number of cyclic esters (lactones) is 1. The van der Waals surface area contributed by atoms with E-state index < -0.39 is 23.3 Å². The molecule has 1 aliphatic rings. The van der Waals surface area contributed by atoms with Crippen LogP contribution in [-0.4, -0.2) is 31.1 Å². The van der Waals surface area contributed by atoms with Crippen LogP contribution in [0, 0.1) is 17.5 Å². The van der Waals surface area contributed by atoms with Crippen molar-refractivity contribution in [2.75, 3.05) is 20.1 Å². The average molecular weight is 469 g/mol. The number of benzene rings is 3. The number of ether oxygens (including phenoxy) is 1. The van der Waals surface area contributed by atoms with Crippen molar-refractivity contribution in [3.05, 3.63) is 95.3 Å². The summed E-state index contributed by atoms with van der Waals surface area (Å²) in [6, 6.07) is 16.5. The molecule has 4 nitrogen and oxygen atoms in total. The molecule has 34 heavy (non-hydrogen) atoms. The first-order valence-electron chi connectivity index (χ1n) is 11.3. The Morgan fingerprint density at radius 1 is 1.00 bits per heavy atom. The summed E-state index contributed by atoms with van der Waals surface area (Å²) in [7, 11) is 1.83. The molecule has 0 aliphatic carbocycles. The lowest BCUT2D eigenvalue weighted by molar-refractivity contribution is -0.0648. The Morgan fingerprint density at radius 2 is 1.68 bits per heavy atom. The molecule has 1 saturated heterocycles. The lowest BCUT2D eigenvalue weighted by Gasteiger charge is -2.43. The Balaban J connectivity index is 1.52. The number of nitrogens with zero attached hydrogens (tertiary/aromatic N) is 1. The summed E-state index contributed by atoms with van der Waals surface area (Å²) < 4.78 is 46.8. The first-order chi connectivity index (χ1) is 16.3. The van der Waals surface area contributed by atoms with E-state index in [4.69, 9.17) is 4.74 Å². The van der Waals surface area contributed by atoms with Crippen LogP contribution in [0.5, 0.6) is 0 Å². The number of hydrogen-bond donors (Lipinski definition) is 1. The zero-order valence-electron chi connectivity index (χ0n) is 19.2. The Hall–Kier alpha value is -3.32. The average Bonchev–Trinajstić information content (AvgIpc) is 2.83. The summed E-state index contributed by atoms with van der Waals surface area (Å²) in [5.74, 6) is -1.59. The maximum atomic E-state index is 14.1. The summed E-state index contributed by atoms with van der Waals surface area (Å²) in [4.78, 5) is 14.8.